The Hall–Kier alpha value is -3.87. The van der Waals surface area contributed by atoms with Gasteiger partial charge in [0.15, 0.2) is 0 Å². The highest BCUT2D eigenvalue weighted by atomic mass is 19.4. The maximum Gasteiger partial charge on any atom is 0.416 e. The van der Waals surface area contributed by atoms with Gasteiger partial charge >= 0.3 is 6.18 Å². The number of benzene rings is 2. The van der Waals surface area contributed by atoms with Crippen molar-refractivity contribution in [1.29, 1.82) is 0 Å². The number of hydrogen-bond acceptors (Lipinski definition) is 3. The fourth-order valence-corrected chi connectivity index (χ4v) is 3.52. The molecule has 0 radical (unpaired) electrons. The second kappa shape index (κ2) is 8.70. The lowest BCUT2D eigenvalue weighted by molar-refractivity contribution is -0.137. The van der Waals surface area contributed by atoms with Gasteiger partial charge in [-0.3, -0.25) is 9.69 Å². The number of nitrogens with zero attached hydrogens (tertiary/aromatic N) is 2. The van der Waals surface area contributed by atoms with Crippen molar-refractivity contribution in [2.45, 2.75) is 19.1 Å². The maximum absolute atomic E-state index is 13.8. The first-order valence-electron chi connectivity index (χ1n) is 9.91. The Kier molecular flexibility index (Phi) is 5.81. The number of furan rings is 1. The maximum atomic E-state index is 13.8. The van der Waals surface area contributed by atoms with E-state index in [2.05, 4.69) is 4.98 Å². The summed E-state index contributed by atoms with van der Waals surface area (Å²) >= 11 is 0. The van der Waals surface area contributed by atoms with Crippen molar-refractivity contribution in [3.63, 3.8) is 0 Å². The normalized spacial score (nSPS) is 12.4. The quantitative estimate of drug-likeness (QED) is 0.347. The number of aromatic nitrogens is 1. The lowest BCUT2D eigenvalue weighted by atomic mass is 9.97. The van der Waals surface area contributed by atoms with Crippen LogP contribution in [0.4, 0.5) is 19.0 Å². The number of halogens is 3. The molecular weight excluding hydrogens is 417 g/mol. The first-order chi connectivity index (χ1) is 15.4. The van der Waals surface area contributed by atoms with Crippen molar-refractivity contribution in [2.24, 2.45) is 0 Å². The van der Waals surface area contributed by atoms with Crippen LogP contribution in [0.15, 0.2) is 95.7 Å². The summed E-state index contributed by atoms with van der Waals surface area (Å²) in [7, 11) is 0. The first-order valence-corrected chi connectivity index (χ1v) is 9.91. The Morgan fingerprint density at radius 2 is 1.66 bits per heavy atom. The molecule has 4 rings (SSSR count). The number of hydrogen-bond donors (Lipinski definition) is 0. The van der Waals surface area contributed by atoms with E-state index in [0.717, 1.165) is 12.1 Å². The Labute approximate surface area is 182 Å². The largest absolute Gasteiger partial charge is 0.467 e. The number of carbonyl (C=O) groups excluding carboxylic acids is 1. The number of alkyl halides is 3. The van der Waals surface area contributed by atoms with Gasteiger partial charge in [0.1, 0.15) is 11.6 Å². The average molecular weight is 436 g/mol. The van der Waals surface area contributed by atoms with Gasteiger partial charge in [0.2, 0.25) is 0 Å². The summed E-state index contributed by atoms with van der Waals surface area (Å²) in [6.45, 7) is 1.83. The predicted octanol–water partition coefficient (Wildman–Crippen LogP) is 6.77. The molecule has 7 heteroatoms. The molecule has 0 aliphatic rings. The van der Waals surface area contributed by atoms with Crippen molar-refractivity contribution in [2.75, 3.05) is 4.90 Å². The Morgan fingerprint density at radius 3 is 2.28 bits per heavy atom. The van der Waals surface area contributed by atoms with Gasteiger partial charge in [0.05, 0.1) is 17.9 Å². The van der Waals surface area contributed by atoms with Gasteiger partial charge in [-0.15, -0.1) is 0 Å². The lowest BCUT2D eigenvalue weighted by Gasteiger charge is -2.28. The topological polar surface area (TPSA) is 46.3 Å². The first kappa shape index (κ1) is 21.4. The molecule has 32 heavy (non-hydrogen) atoms. The Balaban J connectivity index is 1.77. The third-order valence-electron chi connectivity index (χ3n) is 5.14. The van der Waals surface area contributed by atoms with E-state index in [1.54, 1.807) is 60.8 Å². The van der Waals surface area contributed by atoms with Crippen LogP contribution in [0.3, 0.4) is 0 Å². The highest BCUT2D eigenvalue weighted by molar-refractivity contribution is 6.10. The summed E-state index contributed by atoms with van der Waals surface area (Å²) in [4.78, 5) is 19.6. The predicted molar refractivity (Wildman–Crippen MR) is 115 cm³/mol. The van der Waals surface area contributed by atoms with E-state index < -0.39 is 17.8 Å². The summed E-state index contributed by atoms with van der Waals surface area (Å²) in [5, 5.41) is 0. The molecule has 1 amide bonds. The molecule has 162 valence electrons. The van der Waals surface area contributed by atoms with E-state index >= 15 is 0 Å². The molecule has 2 aromatic heterocycles. The Morgan fingerprint density at radius 1 is 0.938 bits per heavy atom. The standard InChI is InChI=1S/C25H19F3N2O2/c1-17(22-9-6-16-32-22)30(23-10-4-5-15-29-23)24(31)21-8-3-2-7-20(21)18-11-13-19(14-12-18)25(26,27)28/h2-17H,1H3. The zero-order valence-corrected chi connectivity index (χ0v) is 17.1. The van der Waals surface area contributed by atoms with Gasteiger partial charge in [0, 0.05) is 11.8 Å². The van der Waals surface area contributed by atoms with Crippen molar-refractivity contribution < 1.29 is 22.4 Å². The van der Waals surface area contributed by atoms with E-state index in [-0.39, 0.29) is 5.91 Å². The number of pyridine rings is 1. The molecule has 0 saturated heterocycles. The highest BCUT2D eigenvalue weighted by Gasteiger charge is 2.31. The van der Waals surface area contributed by atoms with Crippen molar-refractivity contribution in [3.05, 3.63) is 108 Å². The Bertz CT molecular complexity index is 1190. The lowest BCUT2D eigenvalue weighted by Crippen LogP contribution is -2.34. The number of rotatable bonds is 5. The summed E-state index contributed by atoms with van der Waals surface area (Å²) in [6.07, 6.45) is -1.31. The second-order valence-electron chi connectivity index (χ2n) is 7.18. The fraction of sp³-hybridized carbons (Fsp3) is 0.120. The minimum atomic E-state index is -4.43. The van der Waals surface area contributed by atoms with Crippen LogP contribution in [0.25, 0.3) is 11.1 Å². The summed E-state index contributed by atoms with van der Waals surface area (Å²) < 4.78 is 44.4. The molecular formula is C25H19F3N2O2. The number of anilines is 1. The van der Waals surface area contributed by atoms with E-state index in [1.807, 2.05) is 6.92 Å². The molecule has 2 heterocycles. The van der Waals surface area contributed by atoms with Crippen LogP contribution in [0.1, 0.15) is 34.6 Å². The third-order valence-corrected chi connectivity index (χ3v) is 5.14. The van der Waals surface area contributed by atoms with Gasteiger partial charge < -0.3 is 4.42 Å². The van der Waals surface area contributed by atoms with Crippen LogP contribution < -0.4 is 4.90 Å². The van der Waals surface area contributed by atoms with Crippen molar-refractivity contribution >= 4 is 11.7 Å². The SMILES string of the molecule is CC(c1ccco1)N(C(=O)c1ccccc1-c1ccc(C(F)(F)F)cc1)c1ccccn1. The van der Waals surface area contributed by atoms with E-state index in [4.69, 9.17) is 4.42 Å². The second-order valence-corrected chi connectivity index (χ2v) is 7.18. The van der Waals surface area contributed by atoms with E-state index in [0.29, 0.717) is 28.3 Å². The average Bonchev–Trinajstić information content (AvgIpc) is 3.34. The molecule has 0 aliphatic heterocycles. The van der Waals surface area contributed by atoms with Crippen LogP contribution in [0.5, 0.6) is 0 Å². The van der Waals surface area contributed by atoms with Crippen LogP contribution in [-0.4, -0.2) is 10.9 Å². The number of amides is 1. The molecule has 0 bridgehead atoms. The number of carbonyl (C=O) groups is 1. The molecule has 4 nitrogen and oxygen atoms in total. The molecule has 0 spiro atoms. The van der Waals surface area contributed by atoms with Gasteiger partial charge in [0.25, 0.3) is 5.91 Å². The molecule has 0 fully saturated rings. The van der Waals surface area contributed by atoms with Crippen LogP contribution >= 0.6 is 0 Å². The fourth-order valence-electron chi connectivity index (χ4n) is 3.52. The molecule has 0 aliphatic carbocycles. The zero-order chi connectivity index (χ0) is 22.7. The summed E-state index contributed by atoms with van der Waals surface area (Å²) in [5.74, 6) is 0.669. The van der Waals surface area contributed by atoms with Crippen LogP contribution in [-0.2, 0) is 6.18 Å². The molecule has 0 saturated carbocycles. The van der Waals surface area contributed by atoms with Gasteiger partial charge in [-0.25, -0.2) is 4.98 Å². The third kappa shape index (κ3) is 4.27. The molecule has 4 aromatic rings. The van der Waals surface area contributed by atoms with Crippen molar-refractivity contribution in [3.8, 4) is 11.1 Å². The summed E-state index contributed by atoms with van der Waals surface area (Å²) in [5.41, 5.74) is 0.635. The van der Waals surface area contributed by atoms with Gasteiger partial charge in [-0.2, -0.15) is 13.2 Å². The molecule has 1 atom stereocenters. The zero-order valence-electron chi connectivity index (χ0n) is 17.1. The summed E-state index contributed by atoms with van der Waals surface area (Å²) in [6, 6.07) is 19.9. The van der Waals surface area contributed by atoms with Crippen molar-refractivity contribution in [1.82, 2.24) is 4.98 Å². The smallest absolute Gasteiger partial charge is 0.416 e. The van der Waals surface area contributed by atoms with E-state index in [1.165, 1.54) is 23.3 Å². The molecule has 0 N–H and O–H groups in total. The van der Waals surface area contributed by atoms with Crippen LogP contribution in [0.2, 0.25) is 0 Å². The molecule has 1 unspecified atom stereocenters. The molecule has 2 aromatic carbocycles. The van der Waals surface area contributed by atoms with Gasteiger partial charge in [-0.1, -0.05) is 36.4 Å². The van der Waals surface area contributed by atoms with Crippen LogP contribution in [0, 0.1) is 0 Å². The minimum absolute atomic E-state index is 0.344. The van der Waals surface area contributed by atoms with Gasteiger partial charge in [-0.05, 0) is 60.5 Å². The minimum Gasteiger partial charge on any atom is -0.467 e. The van der Waals surface area contributed by atoms with E-state index in [9.17, 15) is 18.0 Å². The highest BCUT2D eigenvalue weighted by Crippen LogP contribution is 2.34. The monoisotopic (exact) mass is 436 g/mol.